The average Bonchev–Trinajstić information content (AvgIpc) is 3.08. The van der Waals surface area contributed by atoms with Gasteiger partial charge in [0.1, 0.15) is 0 Å². The highest BCUT2D eigenvalue weighted by molar-refractivity contribution is 6.14. The van der Waals surface area contributed by atoms with Crippen LogP contribution in [0, 0.1) is 27.7 Å². The van der Waals surface area contributed by atoms with Crippen LogP contribution in [-0.4, -0.2) is 21.5 Å². The number of aromatic nitrogens is 2. The Morgan fingerprint density at radius 2 is 0.978 bits per heavy atom. The Kier molecular flexibility index (Phi) is 7.94. The lowest BCUT2D eigenvalue weighted by Gasteiger charge is -2.22. The van der Waals surface area contributed by atoms with Gasteiger partial charge >= 0.3 is 0 Å². The molecule has 0 spiro atoms. The Morgan fingerprint density at radius 1 is 0.478 bits per heavy atom. The molecule has 6 aromatic rings. The van der Waals surface area contributed by atoms with Gasteiger partial charge in [-0.1, -0.05) is 125 Å². The molecule has 1 unspecified atom stereocenters. The van der Waals surface area contributed by atoms with Crippen molar-refractivity contribution in [2.24, 2.45) is 9.98 Å². The van der Waals surface area contributed by atoms with Crippen LogP contribution in [-0.2, 0) is 0 Å². The Bertz CT molecular complexity index is 2070. The molecule has 0 amide bonds. The van der Waals surface area contributed by atoms with E-state index < -0.39 is 0 Å². The fourth-order valence-corrected chi connectivity index (χ4v) is 6.07. The summed E-state index contributed by atoms with van der Waals surface area (Å²) in [5.41, 5.74) is 14.0. The van der Waals surface area contributed by atoms with E-state index >= 15 is 0 Å². The molecule has 0 N–H and O–H groups in total. The van der Waals surface area contributed by atoms with Gasteiger partial charge in [-0.15, -0.1) is 0 Å². The minimum atomic E-state index is -0.0274. The maximum absolute atomic E-state index is 5.23. The zero-order chi connectivity index (χ0) is 31.6. The van der Waals surface area contributed by atoms with E-state index in [1.807, 2.05) is 0 Å². The second kappa shape index (κ2) is 12.5. The van der Waals surface area contributed by atoms with Gasteiger partial charge in [-0.25, -0.2) is 15.0 Å². The maximum Gasteiger partial charge on any atom is 0.160 e. The number of hydrogen-bond donors (Lipinski definition) is 0. The van der Waals surface area contributed by atoms with Gasteiger partial charge in [0.2, 0.25) is 0 Å². The van der Waals surface area contributed by atoms with Crippen molar-refractivity contribution in [3.63, 3.8) is 0 Å². The first-order valence-corrected chi connectivity index (χ1v) is 15.8. The van der Waals surface area contributed by atoms with Gasteiger partial charge < -0.3 is 0 Å². The highest BCUT2D eigenvalue weighted by Crippen LogP contribution is 2.32. The van der Waals surface area contributed by atoms with Gasteiger partial charge in [0.25, 0.3) is 0 Å². The molecule has 4 nitrogen and oxygen atoms in total. The number of aliphatic imine (C=N–C) groups is 2. The molecule has 5 aromatic carbocycles. The van der Waals surface area contributed by atoms with E-state index in [0.717, 1.165) is 57.2 Å². The molecule has 46 heavy (non-hydrogen) atoms. The summed E-state index contributed by atoms with van der Waals surface area (Å²) in [6, 6.07) is 44.6. The van der Waals surface area contributed by atoms with E-state index in [4.69, 9.17) is 20.0 Å². The van der Waals surface area contributed by atoms with E-state index in [1.165, 1.54) is 27.8 Å². The number of aryl methyl sites for hydroxylation is 4. The monoisotopic (exact) mass is 596 g/mol. The first-order valence-electron chi connectivity index (χ1n) is 15.8. The summed E-state index contributed by atoms with van der Waals surface area (Å²) in [5, 5.41) is 0. The van der Waals surface area contributed by atoms with Gasteiger partial charge in [-0.3, -0.25) is 4.99 Å². The Hall–Kier alpha value is -5.48. The van der Waals surface area contributed by atoms with Gasteiger partial charge in [-0.2, -0.15) is 0 Å². The second-order valence-corrected chi connectivity index (χ2v) is 12.3. The van der Waals surface area contributed by atoms with Crippen molar-refractivity contribution < 1.29 is 0 Å². The number of amidine groups is 1. The summed E-state index contributed by atoms with van der Waals surface area (Å²) in [4.78, 5) is 20.6. The van der Waals surface area contributed by atoms with Crippen molar-refractivity contribution in [3.05, 3.63) is 166 Å². The lowest BCUT2D eigenvalue weighted by molar-refractivity contribution is 0.752. The van der Waals surface area contributed by atoms with E-state index in [9.17, 15) is 0 Å². The molecule has 1 atom stereocenters. The summed E-state index contributed by atoms with van der Waals surface area (Å²) in [6.07, 6.45) is 0.748. The molecule has 2 heterocycles. The summed E-state index contributed by atoms with van der Waals surface area (Å²) < 4.78 is 0. The van der Waals surface area contributed by atoms with Crippen molar-refractivity contribution >= 4 is 11.5 Å². The zero-order valence-electron chi connectivity index (χ0n) is 26.7. The van der Waals surface area contributed by atoms with Crippen LogP contribution >= 0.6 is 0 Å². The first kappa shape index (κ1) is 29.2. The highest BCUT2D eigenvalue weighted by atomic mass is 15.0. The topological polar surface area (TPSA) is 50.5 Å². The lowest BCUT2D eigenvalue weighted by Crippen LogP contribution is -2.17. The molecule has 0 fully saturated rings. The van der Waals surface area contributed by atoms with Crippen LogP contribution in [0.2, 0.25) is 0 Å². The Balaban J connectivity index is 1.35. The predicted octanol–water partition coefficient (Wildman–Crippen LogP) is 10.1. The number of benzene rings is 5. The van der Waals surface area contributed by atoms with Crippen molar-refractivity contribution in [2.75, 3.05) is 0 Å². The molecule has 0 radical (unpaired) electrons. The van der Waals surface area contributed by atoms with Crippen molar-refractivity contribution in [2.45, 2.75) is 40.2 Å². The summed E-state index contributed by atoms with van der Waals surface area (Å²) in [5.74, 6) is 1.40. The molecule has 1 aliphatic rings. The predicted molar refractivity (Wildman–Crippen MR) is 191 cm³/mol. The normalized spacial score (nSPS) is 14.5. The van der Waals surface area contributed by atoms with Gasteiger partial charge in [0.15, 0.2) is 11.7 Å². The fourth-order valence-electron chi connectivity index (χ4n) is 6.07. The summed E-state index contributed by atoms with van der Waals surface area (Å²) in [6.45, 7) is 8.47. The number of hydrogen-bond acceptors (Lipinski definition) is 4. The molecular weight excluding hydrogens is 560 g/mol. The van der Waals surface area contributed by atoms with Crippen LogP contribution < -0.4 is 0 Å². The minimum Gasteiger partial charge on any atom is -0.258 e. The second-order valence-electron chi connectivity index (χ2n) is 12.3. The standard InChI is InChI=1S/C42H36N4/c1-27-10-5-14-31(20-27)37-25-38(32-15-6-11-28(2)21-32)44-41(43-37)35-18-9-19-36(24-35)42-45-39(33-16-7-12-29(3)22-33)26-40(46-42)34-17-8-13-30(4)23-34/h5-25,39H,26H2,1-4H3. The van der Waals surface area contributed by atoms with Crippen LogP contribution in [0.3, 0.4) is 0 Å². The molecule has 4 heteroatoms. The van der Waals surface area contributed by atoms with Crippen molar-refractivity contribution in [3.8, 4) is 33.9 Å². The van der Waals surface area contributed by atoms with E-state index in [-0.39, 0.29) is 6.04 Å². The highest BCUT2D eigenvalue weighted by Gasteiger charge is 2.23. The fraction of sp³-hybridized carbons (Fsp3) is 0.143. The molecule has 0 saturated carbocycles. The van der Waals surface area contributed by atoms with Gasteiger partial charge in [0.05, 0.1) is 23.1 Å². The molecular formula is C42H36N4. The first-order chi connectivity index (χ1) is 22.4. The van der Waals surface area contributed by atoms with E-state index in [1.54, 1.807) is 0 Å². The number of rotatable bonds is 6. The van der Waals surface area contributed by atoms with Gasteiger partial charge in [-0.05, 0) is 63.1 Å². The van der Waals surface area contributed by atoms with Crippen LogP contribution in [0.1, 0.15) is 51.4 Å². The third-order valence-electron chi connectivity index (χ3n) is 8.42. The summed E-state index contributed by atoms with van der Waals surface area (Å²) >= 11 is 0. The molecule has 1 aromatic heterocycles. The average molecular weight is 597 g/mol. The molecule has 0 bridgehead atoms. The van der Waals surface area contributed by atoms with E-state index in [0.29, 0.717) is 5.82 Å². The Morgan fingerprint density at radius 3 is 1.59 bits per heavy atom. The molecule has 0 aliphatic carbocycles. The molecule has 0 saturated heterocycles. The molecule has 224 valence electrons. The Labute approximate surface area is 271 Å². The lowest BCUT2D eigenvalue weighted by atomic mass is 9.94. The third kappa shape index (κ3) is 6.33. The molecule has 1 aliphatic heterocycles. The van der Waals surface area contributed by atoms with Crippen LogP contribution in [0.5, 0.6) is 0 Å². The van der Waals surface area contributed by atoms with Crippen molar-refractivity contribution in [1.82, 2.24) is 9.97 Å². The SMILES string of the molecule is Cc1cccc(C2=NC(c3cccc(-c4nc(-c5cccc(C)c5)cc(-c5cccc(C)c5)n4)c3)=NC(c3cccc(C)c3)C2)c1. The van der Waals surface area contributed by atoms with Crippen LogP contribution in [0.4, 0.5) is 0 Å². The maximum atomic E-state index is 5.23. The molecule has 7 rings (SSSR count). The number of nitrogens with zero attached hydrogens (tertiary/aromatic N) is 4. The third-order valence-corrected chi connectivity index (χ3v) is 8.42. The quantitative estimate of drug-likeness (QED) is 0.192. The summed E-state index contributed by atoms with van der Waals surface area (Å²) in [7, 11) is 0. The zero-order valence-corrected chi connectivity index (χ0v) is 26.7. The minimum absolute atomic E-state index is 0.0274. The largest absolute Gasteiger partial charge is 0.258 e. The smallest absolute Gasteiger partial charge is 0.160 e. The van der Waals surface area contributed by atoms with Crippen molar-refractivity contribution in [1.29, 1.82) is 0 Å². The van der Waals surface area contributed by atoms with Crippen LogP contribution in [0.25, 0.3) is 33.9 Å². The van der Waals surface area contributed by atoms with Gasteiger partial charge in [0, 0.05) is 28.7 Å². The van der Waals surface area contributed by atoms with E-state index in [2.05, 4.69) is 155 Å². The van der Waals surface area contributed by atoms with Crippen LogP contribution in [0.15, 0.2) is 137 Å².